The van der Waals surface area contributed by atoms with Crippen LogP contribution in [-0.4, -0.2) is 52.5 Å². The standard InChI is InChI=1S/C16H23NO4S2/c1-23(18,19)21-9-5-16-15-3-2-14(12-13(15)4-8-20-16)17-6-10-22-11-7-17/h2-3,12,16H,4-11H2,1H3/t16-/m0/s1. The van der Waals surface area contributed by atoms with Crippen LogP contribution in [0.2, 0.25) is 0 Å². The fraction of sp³-hybridized carbons (Fsp3) is 0.625. The van der Waals surface area contributed by atoms with Crippen LogP contribution in [0.5, 0.6) is 0 Å². The lowest BCUT2D eigenvalue weighted by Crippen LogP contribution is -2.32. The summed E-state index contributed by atoms with van der Waals surface area (Å²) in [6.07, 6.45) is 2.47. The lowest BCUT2D eigenvalue weighted by molar-refractivity contribution is 0.0283. The fourth-order valence-electron chi connectivity index (χ4n) is 3.09. The average molecular weight is 357 g/mol. The Labute approximate surface area is 142 Å². The van der Waals surface area contributed by atoms with Gasteiger partial charge in [0.1, 0.15) is 0 Å². The first-order chi connectivity index (χ1) is 11.0. The van der Waals surface area contributed by atoms with Gasteiger partial charge in [-0.05, 0) is 29.7 Å². The van der Waals surface area contributed by atoms with Crippen molar-refractivity contribution in [2.75, 3.05) is 49.0 Å². The summed E-state index contributed by atoms with van der Waals surface area (Å²) >= 11 is 2.01. The van der Waals surface area contributed by atoms with Crippen LogP contribution in [0.25, 0.3) is 0 Å². The third kappa shape index (κ3) is 4.62. The second kappa shape index (κ2) is 7.42. The van der Waals surface area contributed by atoms with Crippen LogP contribution in [0.1, 0.15) is 23.7 Å². The molecule has 0 radical (unpaired) electrons. The molecule has 1 saturated heterocycles. The Kier molecular flexibility index (Phi) is 5.51. The monoisotopic (exact) mass is 357 g/mol. The van der Waals surface area contributed by atoms with Gasteiger partial charge in [-0.2, -0.15) is 20.2 Å². The van der Waals surface area contributed by atoms with Crippen LogP contribution in [0.4, 0.5) is 5.69 Å². The lowest BCUT2D eigenvalue weighted by atomic mass is 9.95. The van der Waals surface area contributed by atoms with E-state index in [1.807, 2.05) is 11.8 Å². The van der Waals surface area contributed by atoms with E-state index in [0.29, 0.717) is 13.0 Å². The molecule has 2 heterocycles. The zero-order chi connectivity index (χ0) is 16.3. The molecule has 0 aliphatic carbocycles. The molecular formula is C16H23NO4S2. The summed E-state index contributed by atoms with van der Waals surface area (Å²) < 4.78 is 32.8. The van der Waals surface area contributed by atoms with Gasteiger partial charge in [-0.3, -0.25) is 4.18 Å². The topological polar surface area (TPSA) is 55.8 Å². The number of hydrogen-bond acceptors (Lipinski definition) is 6. The minimum atomic E-state index is -3.39. The van der Waals surface area contributed by atoms with E-state index in [1.54, 1.807) is 0 Å². The summed E-state index contributed by atoms with van der Waals surface area (Å²) in [7, 11) is -3.39. The number of hydrogen-bond donors (Lipinski definition) is 0. The number of rotatable bonds is 5. The molecule has 23 heavy (non-hydrogen) atoms. The highest BCUT2D eigenvalue weighted by Crippen LogP contribution is 2.33. The summed E-state index contributed by atoms with van der Waals surface area (Å²) in [5.74, 6) is 2.37. The molecule has 0 spiro atoms. The fourth-order valence-corrected chi connectivity index (χ4v) is 4.39. The van der Waals surface area contributed by atoms with Gasteiger partial charge >= 0.3 is 0 Å². The Hall–Kier alpha value is -0.760. The average Bonchev–Trinajstić information content (AvgIpc) is 2.54. The number of thioether (sulfide) groups is 1. The molecule has 3 rings (SSSR count). The highest BCUT2D eigenvalue weighted by atomic mass is 32.2. The molecule has 2 aliphatic heterocycles. The van der Waals surface area contributed by atoms with E-state index in [2.05, 4.69) is 23.1 Å². The van der Waals surface area contributed by atoms with Crippen LogP contribution in [-0.2, 0) is 25.5 Å². The van der Waals surface area contributed by atoms with Gasteiger partial charge in [0.05, 0.1) is 25.6 Å². The van der Waals surface area contributed by atoms with Gasteiger partial charge in [-0.15, -0.1) is 0 Å². The number of benzene rings is 1. The van der Waals surface area contributed by atoms with Crippen molar-refractivity contribution in [1.82, 2.24) is 0 Å². The van der Waals surface area contributed by atoms with E-state index >= 15 is 0 Å². The van der Waals surface area contributed by atoms with E-state index in [-0.39, 0.29) is 12.7 Å². The molecule has 0 amide bonds. The summed E-state index contributed by atoms with van der Waals surface area (Å²) in [5.41, 5.74) is 3.77. The van der Waals surface area contributed by atoms with E-state index in [4.69, 9.17) is 8.92 Å². The minimum absolute atomic E-state index is 0.0774. The molecule has 1 fully saturated rings. The van der Waals surface area contributed by atoms with Crippen molar-refractivity contribution in [3.05, 3.63) is 29.3 Å². The van der Waals surface area contributed by atoms with Crippen molar-refractivity contribution in [3.63, 3.8) is 0 Å². The second-order valence-corrected chi connectivity index (χ2v) is 8.78. The zero-order valence-electron chi connectivity index (χ0n) is 13.4. The first-order valence-electron chi connectivity index (χ1n) is 7.94. The number of fused-ring (bicyclic) bond motifs is 1. The molecule has 2 aliphatic rings. The molecule has 7 heteroatoms. The molecule has 0 aromatic heterocycles. The Morgan fingerprint density at radius 3 is 2.87 bits per heavy atom. The molecule has 5 nitrogen and oxygen atoms in total. The molecule has 1 atom stereocenters. The lowest BCUT2D eigenvalue weighted by Gasteiger charge is -2.31. The smallest absolute Gasteiger partial charge is 0.264 e. The van der Waals surface area contributed by atoms with E-state index < -0.39 is 10.1 Å². The van der Waals surface area contributed by atoms with Gasteiger partial charge in [0.15, 0.2) is 0 Å². The quantitative estimate of drug-likeness (QED) is 0.753. The third-order valence-electron chi connectivity index (χ3n) is 4.22. The molecular weight excluding hydrogens is 334 g/mol. The molecule has 0 unspecified atom stereocenters. The van der Waals surface area contributed by atoms with Gasteiger partial charge in [-0.25, -0.2) is 0 Å². The van der Waals surface area contributed by atoms with Gasteiger partial charge in [-0.1, -0.05) is 6.07 Å². The second-order valence-electron chi connectivity index (χ2n) is 5.91. The molecule has 1 aromatic carbocycles. The highest BCUT2D eigenvalue weighted by Gasteiger charge is 2.22. The third-order valence-corrected chi connectivity index (χ3v) is 5.75. The van der Waals surface area contributed by atoms with Crippen molar-refractivity contribution in [3.8, 4) is 0 Å². The largest absolute Gasteiger partial charge is 0.373 e. The Morgan fingerprint density at radius 2 is 2.13 bits per heavy atom. The maximum Gasteiger partial charge on any atom is 0.264 e. The molecule has 128 valence electrons. The van der Waals surface area contributed by atoms with Crippen molar-refractivity contribution in [2.45, 2.75) is 18.9 Å². The predicted molar refractivity (Wildman–Crippen MR) is 93.8 cm³/mol. The van der Waals surface area contributed by atoms with Crippen molar-refractivity contribution >= 4 is 27.6 Å². The highest BCUT2D eigenvalue weighted by molar-refractivity contribution is 7.99. The number of nitrogens with zero attached hydrogens (tertiary/aromatic N) is 1. The molecule has 0 saturated carbocycles. The summed E-state index contributed by atoms with van der Waals surface area (Å²) in [6, 6.07) is 6.57. The van der Waals surface area contributed by atoms with Crippen LogP contribution >= 0.6 is 11.8 Å². The Morgan fingerprint density at radius 1 is 1.35 bits per heavy atom. The molecule has 0 bridgehead atoms. The zero-order valence-corrected chi connectivity index (χ0v) is 15.0. The number of anilines is 1. The van der Waals surface area contributed by atoms with Crippen LogP contribution in [0.3, 0.4) is 0 Å². The molecule has 0 N–H and O–H groups in total. The minimum Gasteiger partial charge on any atom is -0.373 e. The van der Waals surface area contributed by atoms with Crippen molar-refractivity contribution < 1.29 is 17.3 Å². The van der Waals surface area contributed by atoms with E-state index in [0.717, 1.165) is 25.8 Å². The normalized spacial score (nSPS) is 22.0. The van der Waals surface area contributed by atoms with Gasteiger partial charge in [0.2, 0.25) is 0 Å². The van der Waals surface area contributed by atoms with Crippen molar-refractivity contribution in [1.29, 1.82) is 0 Å². The summed E-state index contributed by atoms with van der Waals surface area (Å²) in [5, 5.41) is 0. The summed E-state index contributed by atoms with van der Waals surface area (Å²) in [6.45, 7) is 3.04. The number of ether oxygens (including phenoxy) is 1. The van der Waals surface area contributed by atoms with Crippen molar-refractivity contribution in [2.24, 2.45) is 0 Å². The first kappa shape index (κ1) is 17.1. The maximum absolute atomic E-state index is 11.1. The van der Waals surface area contributed by atoms with Gasteiger partial charge < -0.3 is 9.64 Å². The van der Waals surface area contributed by atoms with Crippen LogP contribution in [0.15, 0.2) is 18.2 Å². The van der Waals surface area contributed by atoms with Crippen LogP contribution < -0.4 is 4.90 Å². The Bertz CT molecular complexity index is 641. The van der Waals surface area contributed by atoms with E-state index in [9.17, 15) is 8.42 Å². The van der Waals surface area contributed by atoms with E-state index in [1.165, 1.54) is 28.3 Å². The van der Waals surface area contributed by atoms with Gasteiger partial charge in [0.25, 0.3) is 10.1 Å². The Balaban J connectivity index is 1.69. The first-order valence-corrected chi connectivity index (χ1v) is 10.9. The molecule has 1 aromatic rings. The SMILES string of the molecule is CS(=O)(=O)OCC[C@@H]1OCCc2cc(N3CCSCC3)ccc21. The maximum atomic E-state index is 11.1. The summed E-state index contributed by atoms with van der Waals surface area (Å²) in [4.78, 5) is 2.44. The van der Waals surface area contributed by atoms with Gasteiger partial charge in [0, 0.05) is 36.7 Å². The predicted octanol–water partition coefficient (Wildman–Crippen LogP) is 2.22. The van der Waals surface area contributed by atoms with Crippen LogP contribution in [0, 0.1) is 0 Å².